The van der Waals surface area contributed by atoms with E-state index >= 15 is 0 Å². The molecule has 8 heteroatoms. The van der Waals surface area contributed by atoms with Crippen LogP contribution >= 0.6 is 0 Å². The molecule has 1 aliphatic heterocycles. The van der Waals surface area contributed by atoms with Gasteiger partial charge in [-0.25, -0.2) is 9.59 Å². The topological polar surface area (TPSA) is 108 Å². The maximum absolute atomic E-state index is 12.3. The van der Waals surface area contributed by atoms with Crippen molar-refractivity contribution in [3.05, 3.63) is 0 Å². The predicted molar refractivity (Wildman–Crippen MR) is 100 cm³/mol. The van der Waals surface area contributed by atoms with E-state index in [-0.39, 0.29) is 18.0 Å². The Morgan fingerprint density at radius 1 is 1.11 bits per heavy atom. The lowest BCUT2D eigenvalue weighted by Gasteiger charge is -2.22. The standard InChI is InChI=1S/C19H33N3O5/c1-27-15-12-16(18(24)25)22(13-15)17(23)10-6-3-7-11-20-19(26)21-14-8-4-2-5-9-14/h14-16H,2-13H2,1H3,(H,24,25)(H2,20,21,26). The van der Waals surface area contributed by atoms with Gasteiger partial charge in [-0.2, -0.15) is 0 Å². The van der Waals surface area contributed by atoms with Crippen LogP contribution in [-0.4, -0.2) is 66.3 Å². The SMILES string of the molecule is COC1CC(C(=O)O)N(C(=O)CCCCCNC(=O)NC2CCCCC2)C1. The Bertz CT molecular complexity index is 508. The Morgan fingerprint density at radius 3 is 2.52 bits per heavy atom. The molecule has 0 spiro atoms. The molecular formula is C19H33N3O5. The third-order valence-electron chi connectivity index (χ3n) is 5.49. The maximum Gasteiger partial charge on any atom is 0.326 e. The number of carbonyl (C=O) groups is 3. The summed E-state index contributed by atoms with van der Waals surface area (Å²) in [5.41, 5.74) is 0. The van der Waals surface area contributed by atoms with Crippen LogP contribution in [0.2, 0.25) is 0 Å². The number of hydrogen-bond acceptors (Lipinski definition) is 4. The van der Waals surface area contributed by atoms with Crippen LogP contribution in [0.5, 0.6) is 0 Å². The largest absolute Gasteiger partial charge is 0.480 e. The fourth-order valence-electron chi connectivity index (χ4n) is 3.88. The van der Waals surface area contributed by atoms with Gasteiger partial charge >= 0.3 is 12.0 Å². The number of ether oxygens (including phenoxy) is 1. The maximum atomic E-state index is 12.3. The lowest BCUT2D eigenvalue weighted by Crippen LogP contribution is -2.43. The van der Waals surface area contributed by atoms with E-state index < -0.39 is 12.0 Å². The Morgan fingerprint density at radius 2 is 1.85 bits per heavy atom. The zero-order chi connectivity index (χ0) is 19.6. The van der Waals surface area contributed by atoms with Gasteiger partial charge in [-0.15, -0.1) is 0 Å². The second-order valence-corrected chi connectivity index (χ2v) is 7.54. The molecule has 1 aliphatic carbocycles. The van der Waals surface area contributed by atoms with Crippen molar-refractivity contribution in [2.24, 2.45) is 0 Å². The highest BCUT2D eigenvalue weighted by molar-refractivity contribution is 5.84. The number of carboxylic acids is 1. The molecule has 2 fully saturated rings. The fraction of sp³-hybridized carbons (Fsp3) is 0.842. The minimum atomic E-state index is -0.976. The van der Waals surface area contributed by atoms with E-state index in [1.54, 1.807) is 0 Å². The molecule has 2 rings (SSSR count). The van der Waals surface area contributed by atoms with Crippen LogP contribution < -0.4 is 10.6 Å². The first-order valence-electron chi connectivity index (χ1n) is 10.1. The van der Waals surface area contributed by atoms with Gasteiger partial charge in [0.05, 0.1) is 6.10 Å². The number of nitrogens with zero attached hydrogens (tertiary/aromatic N) is 1. The van der Waals surface area contributed by atoms with E-state index in [2.05, 4.69) is 10.6 Å². The molecule has 0 aromatic carbocycles. The first kappa shape index (κ1) is 21.5. The lowest BCUT2D eigenvalue weighted by molar-refractivity contribution is -0.148. The van der Waals surface area contributed by atoms with Crippen molar-refractivity contribution in [2.75, 3.05) is 20.2 Å². The molecule has 0 radical (unpaired) electrons. The van der Waals surface area contributed by atoms with Crippen molar-refractivity contribution >= 4 is 17.9 Å². The van der Waals surface area contributed by atoms with Crippen molar-refractivity contribution in [1.82, 2.24) is 15.5 Å². The third-order valence-corrected chi connectivity index (χ3v) is 5.49. The number of aliphatic carboxylic acids is 1. The van der Waals surface area contributed by atoms with E-state index in [1.165, 1.54) is 31.3 Å². The van der Waals surface area contributed by atoms with Gasteiger partial charge in [-0.05, 0) is 25.7 Å². The molecule has 3 amide bonds. The van der Waals surface area contributed by atoms with E-state index in [4.69, 9.17) is 4.74 Å². The molecule has 0 aromatic heterocycles. The highest BCUT2D eigenvalue weighted by Crippen LogP contribution is 2.22. The molecule has 1 heterocycles. The van der Waals surface area contributed by atoms with Crippen LogP contribution in [0.1, 0.15) is 64.2 Å². The van der Waals surface area contributed by atoms with Crippen molar-refractivity contribution < 1.29 is 24.2 Å². The molecule has 1 saturated carbocycles. The van der Waals surface area contributed by atoms with Crippen LogP contribution in [0.4, 0.5) is 4.79 Å². The van der Waals surface area contributed by atoms with Gasteiger partial charge in [0.1, 0.15) is 6.04 Å². The summed E-state index contributed by atoms with van der Waals surface area (Å²) in [5, 5.41) is 15.1. The molecular weight excluding hydrogens is 350 g/mol. The highest BCUT2D eigenvalue weighted by atomic mass is 16.5. The summed E-state index contributed by atoms with van der Waals surface area (Å²) in [5.74, 6) is -1.11. The van der Waals surface area contributed by atoms with Crippen molar-refractivity contribution in [1.29, 1.82) is 0 Å². The number of hydrogen-bond donors (Lipinski definition) is 3. The van der Waals surface area contributed by atoms with Crippen LogP contribution in [0.3, 0.4) is 0 Å². The Kier molecular flexibility index (Phi) is 8.84. The van der Waals surface area contributed by atoms with E-state index in [1.807, 2.05) is 0 Å². The summed E-state index contributed by atoms with van der Waals surface area (Å²) in [6, 6.07) is -0.590. The van der Waals surface area contributed by atoms with E-state index in [0.29, 0.717) is 38.4 Å². The molecule has 2 unspecified atom stereocenters. The molecule has 2 atom stereocenters. The summed E-state index contributed by atoms with van der Waals surface area (Å²) in [6.07, 6.45) is 8.52. The zero-order valence-corrected chi connectivity index (χ0v) is 16.2. The summed E-state index contributed by atoms with van der Waals surface area (Å²) in [7, 11) is 1.54. The smallest absolute Gasteiger partial charge is 0.326 e. The Hall–Kier alpha value is -1.83. The fourth-order valence-corrected chi connectivity index (χ4v) is 3.88. The van der Waals surface area contributed by atoms with E-state index in [0.717, 1.165) is 25.7 Å². The van der Waals surface area contributed by atoms with Crippen molar-refractivity contribution in [3.63, 3.8) is 0 Å². The lowest BCUT2D eigenvalue weighted by atomic mass is 9.96. The van der Waals surface area contributed by atoms with Gasteiger partial charge in [0.25, 0.3) is 0 Å². The number of urea groups is 1. The average molecular weight is 383 g/mol. The minimum Gasteiger partial charge on any atom is -0.480 e. The summed E-state index contributed by atoms with van der Waals surface area (Å²) in [4.78, 5) is 36.9. The Labute approximate surface area is 161 Å². The molecule has 154 valence electrons. The monoisotopic (exact) mass is 383 g/mol. The first-order chi connectivity index (χ1) is 13.0. The molecule has 3 N–H and O–H groups in total. The number of carbonyl (C=O) groups excluding carboxylic acids is 2. The number of rotatable bonds is 9. The zero-order valence-electron chi connectivity index (χ0n) is 16.2. The van der Waals surface area contributed by atoms with Crippen molar-refractivity contribution in [3.8, 4) is 0 Å². The number of likely N-dealkylation sites (tertiary alicyclic amines) is 1. The summed E-state index contributed by atoms with van der Waals surface area (Å²) < 4.78 is 5.20. The van der Waals surface area contributed by atoms with Gasteiger partial charge in [0.2, 0.25) is 5.91 Å². The molecule has 2 aliphatic rings. The number of carboxylic acid groups (broad SMARTS) is 1. The summed E-state index contributed by atoms with van der Waals surface area (Å²) >= 11 is 0. The van der Waals surface area contributed by atoms with E-state index in [9.17, 15) is 19.5 Å². The molecule has 0 aromatic rings. The van der Waals surface area contributed by atoms with Crippen LogP contribution in [-0.2, 0) is 14.3 Å². The van der Waals surface area contributed by atoms with Crippen LogP contribution in [0.15, 0.2) is 0 Å². The van der Waals surface area contributed by atoms with Gasteiger partial charge in [0.15, 0.2) is 0 Å². The quantitative estimate of drug-likeness (QED) is 0.527. The van der Waals surface area contributed by atoms with Gasteiger partial charge in [-0.3, -0.25) is 4.79 Å². The molecule has 1 saturated heterocycles. The Balaban J connectivity index is 1.56. The second kappa shape index (κ2) is 11.1. The number of amides is 3. The average Bonchev–Trinajstić information content (AvgIpc) is 3.10. The minimum absolute atomic E-state index is 0.107. The predicted octanol–water partition coefficient (Wildman–Crippen LogP) is 1.88. The second-order valence-electron chi connectivity index (χ2n) is 7.54. The third kappa shape index (κ3) is 7.01. The van der Waals surface area contributed by atoms with Crippen LogP contribution in [0.25, 0.3) is 0 Å². The number of methoxy groups -OCH3 is 1. The first-order valence-corrected chi connectivity index (χ1v) is 10.1. The molecule has 0 bridgehead atoms. The number of unbranched alkanes of at least 4 members (excludes halogenated alkanes) is 2. The van der Waals surface area contributed by atoms with Crippen molar-refractivity contribution in [2.45, 2.75) is 82.4 Å². The van der Waals surface area contributed by atoms with Gasteiger partial charge < -0.3 is 25.4 Å². The highest BCUT2D eigenvalue weighted by Gasteiger charge is 2.39. The van der Waals surface area contributed by atoms with Gasteiger partial charge in [-0.1, -0.05) is 25.7 Å². The molecule has 8 nitrogen and oxygen atoms in total. The summed E-state index contributed by atoms with van der Waals surface area (Å²) in [6.45, 7) is 0.926. The number of nitrogens with one attached hydrogen (secondary N) is 2. The molecule has 27 heavy (non-hydrogen) atoms. The van der Waals surface area contributed by atoms with Gasteiger partial charge in [0, 0.05) is 39.1 Å². The van der Waals surface area contributed by atoms with Crippen LogP contribution in [0, 0.1) is 0 Å². The normalized spacial score (nSPS) is 23.2.